The van der Waals surface area contributed by atoms with E-state index >= 15 is 0 Å². The van der Waals surface area contributed by atoms with Crippen LogP contribution in [0.5, 0.6) is 0 Å². The van der Waals surface area contributed by atoms with Crippen molar-refractivity contribution < 1.29 is 52.0 Å². The summed E-state index contributed by atoms with van der Waals surface area (Å²) in [5.41, 5.74) is 0. The van der Waals surface area contributed by atoms with Crippen LogP contribution in [0.15, 0.2) is 111 Å². The van der Waals surface area contributed by atoms with Gasteiger partial charge in [0.25, 0.3) is 0 Å². The average molecular weight is 661 g/mol. The van der Waals surface area contributed by atoms with E-state index in [2.05, 4.69) is 30.6 Å². The van der Waals surface area contributed by atoms with E-state index in [-0.39, 0.29) is 46.9 Å². The Morgan fingerprint density at radius 3 is 0.730 bits per heavy atom. The van der Waals surface area contributed by atoms with E-state index in [1.54, 1.807) is 37.2 Å². The molecule has 0 aliphatic heterocycles. The summed E-state index contributed by atoms with van der Waals surface area (Å²) in [6.45, 7) is 0. The summed E-state index contributed by atoms with van der Waals surface area (Å²) in [5, 5.41) is 40.3. The first-order valence-electron chi connectivity index (χ1n) is 10.7. The molecule has 0 aliphatic rings. The van der Waals surface area contributed by atoms with Gasteiger partial charge in [0.05, 0.1) is 5.09 Å². The molecule has 0 unspecified atom stereocenters. The molecule has 195 valence electrons. The molecule has 1 radical (unpaired) electrons. The smallest absolute Gasteiger partial charge is 0.403 e. The van der Waals surface area contributed by atoms with Gasteiger partial charge in [-0.2, -0.15) is 0 Å². The van der Waals surface area contributed by atoms with Crippen LogP contribution in [-0.2, 0) is 0 Å². The van der Waals surface area contributed by atoms with Crippen molar-refractivity contribution in [1.29, 1.82) is 0 Å². The second-order valence-corrected chi connectivity index (χ2v) is 7.35. The van der Waals surface area contributed by atoms with Crippen molar-refractivity contribution in [2.45, 2.75) is 0 Å². The first kappa shape index (κ1) is 27.7. The Morgan fingerprint density at radius 2 is 0.622 bits per heavy atom. The van der Waals surface area contributed by atoms with Crippen molar-refractivity contribution in [1.82, 2.24) is 58.1 Å². The third-order valence-corrected chi connectivity index (χ3v) is 5.09. The van der Waals surface area contributed by atoms with Crippen molar-refractivity contribution >= 4 is 14.2 Å². The SMILES string of the molecule is O=[N+]([O-])[O-].[Yb+3].c1cnn([BH-](n2cccn2)n2cccn2)c1.c1cnn([BH-](n2cccn2)n2cccn2)c1. The maximum atomic E-state index is 8.25. The van der Waals surface area contributed by atoms with Gasteiger partial charge in [-0.05, 0) is 73.6 Å². The van der Waals surface area contributed by atoms with Crippen molar-refractivity contribution in [3.05, 3.63) is 126 Å². The van der Waals surface area contributed by atoms with E-state index < -0.39 is 19.3 Å². The Labute approximate surface area is 248 Å². The molecule has 0 bridgehead atoms. The predicted molar refractivity (Wildman–Crippen MR) is 130 cm³/mol. The zero-order valence-electron chi connectivity index (χ0n) is 19.1. The molecule has 6 aromatic rings. The Balaban J connectivity index is 0.000000176. The minimum Gasteiger partial charge on any atom is -0.403 e. The van der Waals surface area contributed by atoms with Crippen molar-refractivity contribution in [2.24, 2.45) is 0 Å². The summed E-state index contributed by atoms with van der Waals surface area (Å²) in [4.78, 5) is 8.25. The van der Waals surface area contributed by atoms with Crippen LogP contribution in [-0.4, -0.2) is 77.5 Å². The second kappa shape index (κ2) is 14.0. The van der Waals surface area contributed by atoms with Gasteiger partial charge in [0.1, 0.15) is 0 Å². The number of hydrogen-bond acceptors (Lipinski definition) is 9. The molecular formula is C18H20B2N13O3Yb. The Bertz CT molecular complexity index is 1110. The monoisotopic (exact) mass is 662 g/mol. The quantitative estimate of drug-likeness (QED) is 0.131. The second-order valence-electron chi connectivity index (χ2n) is 7.35. The third kappa shape index (κ3) is 7.55. The van der Waals surface area contributed by atoms with Gasteiger partial charge >= 0.3 is 61.2 Å². The Kier molecular flexibility index (Phi) is 10.5. The van der Waals surface area contributed by atoms with Crippen LogP contribution in [0.3, 0.4) is 0 Å². The van der Waals surface area contributed by atoms with E-state index in [4.69, 9.17) is 15.3 Å². The van der Waals surface area contributed by atoms with Gasteiger partial charge < -0.3 is 42.9 Å². The minimum absolute atomic E-state index is 0. The molecule has 37 heavy (non-hydrogen) atoms. The van der Waals surface area contributed by atoms with Gasteiger partial charge in [-0.1, -0.05) is 0 Å². The van der Waals surface area contributed by atoms with Gasteiger partial charge in [-0.3, -0.25) is 0 Å². The topological polar surface area (TPSA) is 173 Å². The van der Waals surface area contributed by atoms with Crippen molar-refractivity contribution in [3.63, 3.8) is 0 Å². The fraction of sp³-hybridized carbons (Fsp3) is 0. The van der Waals surface area contributed by atoms with Crippen LogP contribution in [0, 0.1) is 62.2 Å². The molecule has 0 aromatic carbocycles. The molecular weight excluding hydrogens is 641 g/mol. The van der Waals surface area contributed by atoms with Gasteiger partial charge in [0.2, 0.25) is 0 Å². The van der Waals surface area contributed by atoms with Gasteiger partial charge in [-0.15, -0.1) is 0 Å². The van der Waals surface area contributed by atoms with Crippen LogP contribution in [0.2, 0.25) is 0 Å². The van der Waals surface area contributed by atoms with E-state index in [1.165, 1.54) is 0 Å². The third-order valence-electron chi connectivity index (χ3n) is 5.09. The average Bonchev–Trinajstić information content (AvgIpc) is 3.70. The largest absolute Gasteiger partial charge is 3.00 e. The predicted octanol–water partition coefficient (Wildman–Crippen LogP) is -0.363. The molecule has 0 saturated heterocycles. The van der Waals surface area contributed by atoms with Crippen LogP contribution in [0.4, 0.5) is 0 Å². The molecule has 0 N–H and O–H groups in total. The van der Waals surface area contributed by atoms with Crippen LogP contribution >= 0.6 is 0 Å². The molecule has 6 heterocycles. The molecule has 0 spiro atoms. The molecule has 0 fully saturated rings. The molecule has 16 nitrogen and oxygen atoms in total. The summed E-state index contributed by atoms with van der Waals surface area (Å²) < 4.78 is 11.2. The molecule has 0 saturated carbocycles. The molecule has 0 atom stereocenters. The first-order valence-corrected chi connectivity index (χ1v) is 10.7. The number of hydrogen-bond donors (Lipinski definition) is 0. The van der Waals surface area contributed by atoms with E-state index in [1.807, 2.05) is 101 Å². The number of rotatable bonds is 6. The maximum Gasteiger partial charge on any atom is 3.00 e. The summed E-state index contributed by atoms with van der Waals surface area (Å²) in [7, 11) is -2.25. The molecule has 0 aliphatic carbocycles. The zero-order valence-corrected chi connectivity index (χ0v) is 20.8. The molecule has 19 heteroatoms. The zero-order chi connectivity index (χ0) is 25.2. The fourth-order valence-electron chi connectivity index (χ4n) is 3.70. The Hall–Kier alpha value is -3.89. The number of nitrogens with zero attached hydrogens (tertiary/aromatic N) is 13. The van der Waals surface area contributed by atoms with Crippen molar-refractivity contribution in [3.8, 4) is 0 Å². The van der Waals surface area contributed by atoms with Crippen LogP contribution in [0.1, 0.15) is 0 Å². The summed E-state index contributed by atoms with van der Waals surface area (Å²) in [5.74, 6) is 0. The van der Waals surface area contributed by atoms with Gasteiger partial charge in [-0.25, -0.2) is 30.6 Å². The standard InChI is InChI=1S/2C9H10BN6.NO3.Yb/c2*1-4-11-14(7-1)10(15-8-2-5-12-15)16-9-3-6-13-16;2-1(3)4;/h2*1-10H;;/q3*-1;+3. The van der Waals surface area contributed by atoms with Crippen molar-refractivity contribution in [2.75, 3.05) is 0 Å². The van der Waals surface area contributed by atoms with E-state index in [0.29, 0.717) is 0 Å². The summed E-state index contributed by atoms with van der Waals surface area (Å²) >= 11 is 0. The summed E-state index contributed by atoms with van der Waals surface area (Å²) in [6, 6.07) is 11.4. The first-order chi connectivity index (χ1) is 17.6. The molecule has 6 aromatic heterocycles. The maximum absolute atomic E-state index is 8.25. The number of aromatic nitrogens is 12. The van der Waals surface area contributed by atoms with E-state index in [0.717, 1.165) is 0 Å². The van der Waals surface area contributed by atoms with Crippen LogP contribution in [0.25, 0.3) is 0 Å². The Morgan fingerprint density at radius 1 is 0.459 bits per heavy atom. The minimum atomic E-state index is -1.75. The normalized spacial score (nSPS) is 10.2. The summed E-state index contributed by atoms with van der Waals surface area (Å²) in [6.07, 6.45) is 22.1. The van der Waals surface area contributed by atoms with Crippen LogP contribution < -0.4 is 0 Å². The van der Waals surface area contributed by atoms with Gasteiger partial charge in [0, 0.05) is 37.2 Å². The van der Waals surface area contributed by atoms with Gasteiger partial charge in [0.15, 0.2) is 0 Å². The fourth-order valence-corrected chi connectivity index (χ4v) is 3.70. The van der Waals surface area contributed by atoms with E-state index in [9.17, 15) is 0 Å². The molecule has 0 amide bonds. The molecule has 6 rings (SSSR count).